The lowest BCUT2D eigenvalue weighted by atomic mass is 9.94. The van der Waals surface area contributed by atoms with Gasteiger partial charge < -0.3 is 15.7 Å². The summed E-state index contributed by atoms with van der Waals surface area (Å²) in [5, 5.41) is 12.8. The van der Waals surface area contributed by atoms with Gasteiger partial charge in [0.15, 0.2) is 0 Å². The van der Waals surface area contributed by atoms with E-state index in [0.29, 0.717) is 0 Å². The van der Waals surface area contributed by atoms with E-state index in [1.165, 1.54) is 13.8 Å². The molecule has 1 aliphatic carbocycles. The Labute approximate surface area is 102 Å². The maximum absolute atomic E-state index is 12.5. The van der Waals surface area contributed by atoms with E-state index in [-0.39, 0.29) is 19.4 Å². The molecule has 0 aromatic carbocycles. The van der Waals surface area contributed by atoms with Gasteiger partial charge in [0.1, 0.15) is 5.54 Å². The second kappa shape index (κ2) is 4.33. The summed E-state index contributed by atoms with van der Waals surface area (Å²) in [5.41, 5.74) is -3.36. The molecule has 1 aliphatic rings. The van der Waals surface area contributed by atoms with Crippen LogP contribution in [0.2, 0.25) is 0 Å². The summed E-state index contributed by atoms with van der Waals surface area (Å²) in [6.07, 6.45) is -4.77. The lowest BCUT2D eigenvalue weighted by Gasteiger charge is -2.23. The van der Waals surface area contributed by atoms with E-state index in [9.17, 15) is 22.8 Å². The van der Waals surface area contributed by atoms with E-state index in [4.69, 9.17) is 5.11 Å². The van der Waals surface area contributed by atoms with Gasteiger partial charge in [-0.05, 0) is 26.7 Å². The number of carboxylic acids is 1. The highest BCUT2D eigenvalue weighted by Gasteiger charge is 2.64. The molecule has 3 N–H and O–H groups in total. The average molecular weight is 268 g/mol. The van der Waals surface area contributed by atoms with Crippen molar-refractivity contribution >= 4 is 12.0 Å². The molecule has 0 aromatic rings. The summed E-state index contributed by atoms with van der Waals surface area (Å²) in [4.78, 5) is 22.0. The van der Waals surface area contributed by atoms with Gasteiger partial charge in [0, 0.05) is 6.54 Å². The molecule has 0 unspecified atom stereocenters. The van der Waals surface area contributed by atoms with Gasteiger partial charge in [-0.3, -0.25) is 4.79 Å². The number of carboxylic acid groups (broad SMARTS) is 1. The molecule has 18 heavy (non-hydrogen) atoms. The molecule has 0 spiro atoms. The largest absolute Gasteiger partial charge is 0.481 e. The fourth-order valence-corrected chi connectivity index (χ4v) is 1.24. The Morgan fingerprint density at radius 3 is 2.11 bits per heavy atom. The second-order valence-electron chi connectivity index (χ2n) is 5.08. The number of carbonyl (C=O) groups is 2. The van der Waals surface area contributed by atoms with Crippen LogP contribution in [-0.2, 0) is 4.79 Å². The fourth-order valence-electron chi connectivity index (χ4n) is 1.24. The van der Waals surface area contributed by atoms with Gasteiger partial charge in [-0.25, -0.2) is 4.79 Å². The fraction of sp³-hybridized carbons (Fsp3) is 0.800. The first-order valence-corrected chi connectivity index (χ1v) is 5.36. The van der Waals surface area contributed by atoms with Gasteiger partial charge in [-0.2, -0.15) is 13.2 Å². The van der Waals surface area contributed by atoms with Gasteiger partial charge in [0.2, 0.25) is 0 Å². The lowest BCUT2D eigenvalue weighted by molar-refractivity contribution is -0.162. The quantitative estimate of drug-likeness (QED) is 0.722. The monoisotopic (exact) mass is 268 g/mol. The maximum Gasteiger partial charge on any atom is 0.411 e. The van der Waals surface area contributed by atoms with Crippen LogP contribution in [0.4, 0.5) is 18.0 Å². The van der Waals surface area contributed by atoms with Crippen LogP contribution >= 0.6 is 0 Å². The van der Waals surface area contributed by atoms with Crippen LogP contribution in [0.15, 0.2) is 0 Å². The van der Waals surface area contributed by atoms with Crippen molar-refractivity contribution in [3.8, 4) is 0 Å². The molecular weight excluding hydrogens is 253 g/mol. The van der Waals surface area contributed by atoms with Crippen molar-refractivity contribution in [2.24, 2.45) is 5.41 Å². The topological polar surface area (TPSA) is 78.4 Å². The Bertz CT molecular complexity index is 362. The summed E-state index contributed by atoms with van der Waals surface area (Å²) in [7, 11) is 0. The molecule has 0 atom stereocenters. The first kappa shape index (κ1) is 14.6. The van der Waals surface area contributed by atoms with Gasteiger partial charge in [-0.15, -0.1) is 0 Å². The number of rotatable bonds is 4. The number of halogens is 3. The molecule has 1 rings (SSSR count). The van der Waals surface area contributed by atoms with Crippen molar-refractivity contribution in [3.63, 3.8) is 0 Å². The van der Waals surface area contributed by atoms with E-state index >= 15 is 0 Å². The van der Waals surface area contributed by atoms with Gasteiger partial charge >= 0.3 is 18.2 Å². The number of amides is 2. The number of nitrogens with one attached hydrogen (secondary N) is 2. The third-order valence-corrected chi connectivity index (χ3v) is 2.92. The summed E-state index contributed by atoms with van der Waals surface area (Å²) < 4.78 is 37.6. The molecule has 0 bridgehead atoms. The van der Waals surface area contributed by atoms with E-state index in [1.54, 1.807) is 0 Å². The van der Waals surface area contributed by atoms with Crippen molar-refractivity contribution in [2.75, 3.05) is 6.54 Å². The molecule has 0 radical (unpaired) electrons. The Hall–Kier alpha value is -1.47. The first-order chi connectivity index (χ1) is 8.00. The molecule has 0 aromatic heterocycles. The molecular formula is C10H15F3N2O3. The number of hydrogen-bond donors (Lipinski definition) is 3. The Balaban J connectivity index is 2.47. The molecule has 0 heterocycles. The summed E-state index contributed by atoms with van der Waals surface area (Å²) >= 11 is 0. The highest BCUT2D eigenvalue weighted by molar-refractivity contribution is 5.78. The molecule has 8 heteroatoms. The first-order valence-electron chi connectivity index (χ1n) is 5.36. The van der Waals surface area contributed by atoms with E-state index in [2.05, 4.69) is 5.32 Å². The van der Waals surface area contributed by atoms with Gasteiger partial charge in [0.25, 0.3) is 0 Å². The average Bonchev–Trinajstić information content (AvgIpc) is 2.95. The predicted molar refractivity (Wildman–Crippen MR) is 56.0 cm³/mol. The number of alkyl halides is 3. The van der Waals surface area contributed by atoms with Crippen molar-refractivity contribution in [3.05, 3.63) is 0 Å². The molecule has 0 saturated heterocycles. The smallest absolute Gasteiger partial charge is 0.411 e. The Morgan fingerprint density at radius 1 is 1.28 bits per heavy atom. The Morgan fingerprint density at radius 2 is 1.78 bits per heavy atom. The molecule has 0 aliphatic heterocycles. The summed E-state index contributed by atoms with van der Waals surface area (Å²) in [6.45, 7) is 2.49. The standard InChI is InChI=1S/C10H15F3N2O3/c1-8(2,6(16)17)5-14-7(18)15-9(3-4-9)10(11,12)13/h3-5H2,1-2H3,(H,16,17)(H2,14,15,18). The zero-order chi connectivity index (χ0) is 14.2. The minimum Gasteiger partial charge on any atom is -0.481 e. The third kappa shape index (κ3) is 3.05. The highest BCUT2D eigenvalue weighted by Crippen LogP contribution is 2.48. The molecule has 1 saturated carbocycles. The number of urea groups is 1. The van der Waals surface area contributed by atoms with E-state index in [1.807, 2.05) is 5.32 Å². The van der Waals surface area contributed by atoms with Crippen LogP contribution in [0, 0.1) is 5.41 Å². The van der Waals surface area contributed by atoms with Crippen molar-refractivity contribution in [2.45, 2.75) is 38.4 Å². The van der Waals surface area contributed by atoms with Crippen LogP contribution in [0.25, 0.3) is 0 Å². The third-order valence-electron chi connectivity index (χ3n) is 2.92. The van der Waals surface area contributed by atoms with Crippen molar-refractivity contribution in [1.82, 2.24) is 10.6 Å². The second-order valence-corrected chi connectivity index (χ2v) is 5.08. The predicted octanol–water partition coefficient (Wildman–Crippen LogP) is 1.49. The minimum atomic E-state index is -4.48. The highest BCUT2D eigenvalue weighted by atomic mass is 19.4. The van der Waals surface area contributed by atoms with Crippen LogP contribution in [0.3, 0.4) is 0 Å². The number of hydrogen-bond acceptors (Lipinski definition) is 2. The van der Waals surface area contributed by atoms with Crippen LogP contribution in [0.1, 0.15) is 26.7 Å². The molecule has 5 nitrogen and oxygen atoms in total. The SMILES string of the molecule is CC(C)(CNC(=O)NC1(C(F)(F)F)CC1)C(=O)O. The minimum absolute atomic E-state index is 0.147. The van der Waals surface area contributed by atoms with Crippen molar-refractivity contribution < 1.29 is 27.9 Å². The zero-order valence-corrected chi connectivity index (χ0v) is 10.0. The Kier molecular flexibility index (Phi) is 3.51. The molecule has 1 fully saturated rings. The number of aliphatic carboxylic acids is 1. The maximum atomic E-state index is 12.5. The lowest BCUT2D eigenvalue weighted by Crippen LogP contribution is -2.53. The zero-order valence-electron chi connectivity index (χ0n) is 10.0. The molecule has 2 amide bonds. The van der Waals surface area contributed by atoms with Crippen LogP contribution in [-0.4, -0.2) is 35.4 Å². The van der Waals surface area contributed by atoms with Gasteiger partial charge in [-0.1, -0.05) is 0 Å². The van der Waals surface area contributed by atoms with Crippen LogP contribution < -0.4 is 10.6 Å². The van der Waals surface area contributed by atoms with Gasteiger partial charge in [0.05, 0.1) is 5.41 Å². The summed E-state index contributed by atoms with van der Waals surface area (Å²) in [6, 6.07) is -1.00. The van der Waals surface area contributed by atoms with Crippen molar-refractivity contribution in [1.29, 1.82) is 0 Å². The summed E-state index contributed by atoms with van der Waals surface area (Å²) in [5.74, 6) is -1.14. The normalized spacial score (nSPS) is 18.1. The van der Waals surface area contributed by atoms with Crippen LogP contribution in [0.5, 0.6) is 0 Å². The molecule has 104 valence electrons. The van der Waals surface area contributed by atoms with E-state index in [0.717, 1.165) is 0 Å². The van der Waals surface area contributed by atoms with E-state index < -0.39 is 29.1 Å². The number of carbonyl (C=O) groups excluding carboxylic acids is 1.